The summed E-state index contributed by atoms with van der Waals surface area (Å²) in [6.45, 7) is 0. The smallest absolute Gasteiger partial charge is 0.418 e. The molecule has 0 spiro atoms. The van der Waals surface area contributed by atoms with Crippen molar-refractivity contribution in [1.29, 1.82) is 0 Å². The monoisotopic (exact) mass is 428 g/mol. The molecule has 1 saturated heterocycles. The van der Waals surface area contributed by atoms with Gasteiger partial charge in [-0.15, -0.1) is 0 Å². The summed E-state index contributed by atoms with van der Waals surface area (Å²) in [6.07, 6.45) is -4.83. The second-order valence-corrected chi connectivity index (χ2v) is 7.79. The maximum Gasteiger partial charge on any atom is 0.418 e. The van der Waals surface area contributed by atoms with Crippen LogP contribution >= 0.6 is 0 Å². The van der Waals surface area contributed by atoms with Crippen molar-refractivity contribution in [3.8, 4) is 5.75 Å². The van der Waals surface area contributed by atoms with E-state index in [1.807, 2.05) is 4.72 Å². The Morgan fingerprint density at radius 3 is 2.24 bits per heavy atom. The summed E-state index contributed by atoms with van der Waals surface area (Å²) in [5.41, 5.74) is -1.89. The van der Waals surface area contributed by atoms with Gasteiger partial charge in [0.25, 0.3) is 10.0 Å². The number of nitrogens with one attached hydrogen (secondary N) is 1. The fraction of sp³-hybridized carbons (Fsp3) is 0.222. The summed E-state index contributed by atoms with van der Waals surface area (Å²) >= 11 is 0. The van der Waals surface area contributed by atoms with Crippen molar-refractivity contribution in [3.63, 3.8) is 0 Å². The highest BCUT2D eigenvalue weighted by atomic mass is 32.2. The number of para-hydroxylation sites is 1. The average molecular weight is 428 g/mol. The number of rotatable bonds is 5. The topological polar surface area (TPSA) is 92.8 Å². The molecule has 2 amide bonds. The minimum atomic E-state index is -4.77. The van der Waals surface area contributed by atoms with Gasteiger partial charge in [-0.2, -0.15) is 13.2 Å². The highest BCUT2D eigenvalue weighted by Crippen LogP contribution is 2.37. The number of ether oxygens (including phenoxy) is 1. The number of carbonyl (C=O) groups excluding carboxylic acids is 2. The predicted molar refractivity (Wildman–Crippen MR) is 97.0 cm³/mol. The minimum Gasteiger partial charge on any atom is -0.495 e. The molecule has 1 aliphatic rings. The van der Waals surface area contributed by atoms with Crippen LogP contribution in [0.2, 0.25) is 0 Å². The molecule has 0 bridgehead atoms. The highest BCUT2D eigenvalue weighted by molar-refractivity contribution is 7.92. The van der Waals surface area contributed by atoms with Crippen molar-refractivity contribution >= 4 is 33.2 Å². The van der Waals surface area contributed by atoms with E-state index in [0.29, 0.717) is 0 Å². The summed E-state index contributed by atoms with van der Waals surface area (Å²) in [4.78, 5) is 24.4. The molecule has 0 radical (unpaired) electrons. The molecule has 11 heteroatoms. The lowest BCUT2D eigenvalue weighted by Gasteiger charge is -2.19. The Morgan fingerprint density at radius 1 is 1.03 bits per heavy atom. The largest absolute Gasteiger partial charge is 0.495 e. The van der Waals surface area contributed by atoms with Crippen molar-refractivity contribution in [1.82, 2.24) is 0 Å². The van der Waals surface area contributed by atoms with Crippen molar-refractivity contribution in [2.75, 3.05) is 16.7 Å². The molecule has 0 atom stereocenters. The van der Waals surface area contributed by atoms with Gasteiger partial charge in [0.15, 0.2) is 0 Å². The van der Waals surface area contributed by atoms with Gasteiger partial charge < -0.3 is 4.74 Å². The number of imide groups is 1. The molecule has 0 aliphatic carbocycles. The van der Waals surface area contributed by atoms with Crippen LogP contribution in [0.4, 0.5) is 24.5 Å². The molecule has 7 nitrogen and oxygen atoms in total. The van der Waals surface area contributed by atoms with E-state index >= 15 is 0 Å². The van der Waals surface area contributed by atoms with Crippen LogP contribution in [-0.2, 0) is 25.8 Å². The van der Waals surface area contributed by atoms with E-state index in [2.05, 4.69) is 0 Å². The predicted octanol–water partition coefficient (Wildman–Crippen LogP) is 3.17. The van der Waals surface area contributed by atoms with E-state index in [4.69, 9.17) is 4.74 Å². The number of anilines is 2. The molecule has 1 aliphatic heterocycles. The average Bonchev–Trinajstić information content (AvgIpc) is 2.98. The van der Waals surface area contributed by atoms with Crippen LogP contribution < -0.4 is 14.4 Å². The van der Waals surface area contributed by atoms with Gasteiger partial charge in [0, 0.05) is 12.8 Å². The van der Waals surface area contributed by atoms with Crippen LogP contribution in [0.15, 0.2) is 47.4 Å². The first kappa shape index (κ1) is 20.6. The number of sulfonamides is 1. The number of carbonyl (C=O) groups is 2. The van der Waals surface area contributed by atoms with Crippen molar-refractivity contribution in [3.05, 3.63) is 48.0 Å². The molecular formula is C18H15F3N2O5S. The first-order valence-corrected chi connectivity index (χ1v) is 9.76. The molecule has 2 aromatic rings. The molecule has 3 rings (SSSR count). The Labute approximate surface area is 164 Å². The molecule has 1 N–H and O–H groups in total. The number of alkyl halides is 3. The molecule has 0 saturated carbocycles. The van der Waals surface area contributed by atoms with Gasteiger partial charge in [0.05, 0.1) is 28.9 Å². The molecule has 1 fully saturated rings. The van der Waals surface area contributed by atoms with Crippen LogP contribution in [0.5, 0.6) is 5.75 Å². The highest BCUT2D eigenvalue weighted by Gasteiger charge is 2.35. The van der Waals surface area contributed by atoms with E-state index in [1.165, 1.54) is 19.2 Å². The first-order chi connectivity index (χ1) is 13.5. The quantitative estimate of drug-likeness (QED) is 0.739. The number of hydrogen-bond donors (Lipinski definition) is 1. The van der Waals surface area contributed by atoms with E-state index < -0.39 is 44.2 Å². The van der Waals surface area contributed by atoms with Crippen molar-refractivity contribution < 1.29 is 35.9 Å². The first-order valence-electron chi connectivity index (χ1n) is 8.27. The number of halogens is 3. The second-order valence-electron chi connectivity index (χ2n) is 6.11. The van der Waals surface area contributed by atoms with E-state index in [9.17, 15) is 31.2 Å². The normalized spacial score (nSPS) is 15.0. The Morgan fingerprint density at radius 2 is 1.66 bits per heavy atom. The number of hydrogen-bond acceptors (Lipinski definition) is 5. The Balaban J connectivity index is 2.04. The number of amides is 2. The summed E-state index contributed by atoms with van der Waals surface area (Å²) in [7, 11) is -3.19. The van der Waals surface area contributed by atoms with Gasteiger partial charge in [0.2, 0.25) is 11.8 Å². The van der Waals surface area contributed by atoms with Crippen LogP contribution in [0.3, 0.4) is 0 Å². The molecule has 29 heavy (non-hydrogen) atoms. The molecule has 0 aromatic heterocycles. The fourth-order valence-electron chi connectivity index (χ4n) is 2.88. The van der Waals surface area contributed by atoms with Gasteiger partial charge in [-0.3, -0.25) is 14.3 Å². The standard InChI is InChI=1S/C18H15F3N2O5S/c1-28-15-7-6-11(10-14(15)23-16(24)8-9-17(23)25)29(26,27)22-13-5-3-2-4-12(13)18(19,20)21/h2-7,10,22H,8-9H2,1H3. The van der Waals surface area contributed by atoms with Crippen LogP contribution in [0.1, 0.15) is 18.4 Å². The Hall–Kier alpha value is -3.08. The van der Waals surface area contributed by atoms with Crippen LogP contribution in [0, 0.1) is 0 Å². The minimum absolute atomic E-state index is 0.0316. The van der Waals surface area contributed by atoms with Gasteiger partial charge in [0.1, 0.15) is 5.75 Å². The lowest BCUT2D eigenvalue weighted by Crippen LogP contribution is -2.29. The van der Waals surface area contributed by atoms with Crippen molar-refractivity contribution in [2.24, 2.45) is 0 Å². The molecule has 2 aromatic carbocycles. The second kappa shape index (κ2) is 7.39. The summed E-state index contributed by atoms with van der Waals surface area (Å²) in [6, 6.07) is 7.46. The van der Waals surface area contributed by atoms with E-state index in [1.54, 1.807) is 0 Å². The third-order valence-corrected chi connectivity index (χ3v) is 5.59. The molecular weight excluding hydrogens is 413 g/mol. The van der Waals surface area contributed by atoms with Gasteiger partial charge in [-0.05, 0) is 30.3 Å². The van der Waals surface area contributed by atoms with Crippen molar-refractivity contribution in [2.45, 2.75) is 23.9 Å². The number of nitrogens with zero attached hydrogens (tertiary/aromatic N) is 1. The molecule has 1 heterocycles. The zero-order valence-electron chi connectivity index (χ0n) is 15.0. The maximum atomic E-state index is 13.1. The van der Waals surface area contributed by atoms with Gasteiger partial charge >= 0.3 is 6.18 Å². The molecule has 0 unspecified atom stereocenters. The van der Waals surface area contributed by atoms with Gasteiger partial charge in [-0.1, -0.05) is 12.1 Å². The Kier molecular flexibility index (Phi) is 5.26. The van der Waals surface area contributed by atoms with E-state index in [-0.39, 0.29) is 24.3 Å². The van der Waals surface area contributed by atoms with Gasteiger partial charge in [-0.25, -0.2) is 13.3 Å². The third kappa shape index (κ3) is 4.04. The lowest BCUT2D eigenvalue weighted by atomic mass is 10.2. The summed E-state index contributed by atoms with van der Waals surface area (Å²) in [5, 5.41) is 0. The summed E-state index contributed by atoms with van der Waals surface area (Å²) < 4.78 is 71.8. The van der Waals surface area contributed by atoms with Crippen LogP contribution in [0.25, 0.3) is 0 Å². The SMILES string of the molecule is COc1ccc(S(=O)(=O)Nc2ccccc2C(F)(F)F)cc1N1C(=O)CCC1=O. The number of methoxy groups -OCH3 is 1. The zero-order chi connectivity index (χ0) is 21.4. The zero-order valence-corrected chi connectivity index (χ0v) is 15.8. The number of benzene rings is 2. The fourth-order valence-corrected chi connectivity index (χ4v) is 3.98. The maximum absolute atomic E-state index is 13.1. The van der Waals surface area contributed by atoms with E-state index in [0.717, 1.165) is 35.2 Å². The van der Waals surface area contributed by atoms with Crippen LogP contribution in [-0.4, -0.2) is 27.3 Å². The Bertz CT molecular complexity index is 1070. The third-order valence-electron chi connectivity index (χ3n) is 4.23. The lowest BCUT2D eigenvalue weighted by molar-refractivity contribution is -0.137. The summed E-state index contributed by atoms with van der Waals surface area (Å²) in [5.74, 6) is -0.986. The molecule has 154 valence electrons.